The molecule has 1 aromatic carbocycles. The van der Waals surface area contributed by atoms with E-state index in [1.807, 2.05) is 11.4 Å². The van der Waals surface area contributed by atoms with Gasteiger partial charge in [0.1, 0.15) is 0 Å². The van der Waals surface area contributed by atoms with Gasteiger partial charge in [-0.1, -0.05) is 44.2 Å². The number of hydrogen-bond donors (Lipinski definition) is 1. The molecule has 1 heterocycles. The standard InChI is InChI=1S/C17H21NO2S/c1-17(2,10-6-9-13-7-4-3-5-8-13)16-18-14(12-21-16)11-15(19)20/h3-5,7-8,12H,6,9-11H2,1-2H3,(H,19,20). The molecule has 0 amide bonds. The Bertz CT molecular complexity index is 590. The smallest absolute Gasteiger partial charge is 0.309 e. The molecule has 0 saturated carbocycles. The third-order valence-electron chi connectivity index (χ3n) is 3.57. The number of thiazole rings is 1. The molecule has 0 unspecified atom stereocenters. The Kier molecular flexibility index (Phi) is 5.12. The minimum Gasteiger partial charge on any atom is -0.481 e. The number of nitrogens with zero attached hydrogens (tertiary/aromatic N) is 1. The lowest BCUT2D eigenvalue weighted by Gasteiger charge is -2.21. The van der Waals surface area contributed by atoms with Crippen molar-refractivity contribution in [3.63, 3.8) is 0 Å². The molecule has 21 heavy (non-hydrogen) atoms. The van der Waals surface area contributed by atoms with Crippen molar-refractivity contribution in [2.24, 2.45) is 0 Å². The van der Waals surface area contributed by atoms with Crippen LogP contribution in [0.2, 0.25) is 0 Å². The summed E-state index contributed by atoms with van der Waals surface area (Å²) in [5.41, 5.74) is 2.02. The third-order valence-corrected chi connectivity index (χ3v) is 4.83. The van der Waals surface area contributed by atoms with Crippen LogP contribution in [0, 0.1) is 0 Å². The molecule has 2 rings (SSSR count). The fraction of sp³-hybridized carbons (Fsp3) is 0.412. The number of carbonyl (C=O) groups is 1. The van der Waals surface area contributed by atoms with Crippen molar-refractivity contribution in [3.05, 3.63) is 52.0 Å². The second-order valence-electron chi connectivity index (χ2n) is 5.94. The number of carboxylic acid groups (broad SMARTS) is 1. The maximum absolute atomic E-state index is 10.7. The minimum absolute atomic E-state index is 0.00377. The summed E-state index contributed by atoms with van der Waals surface area (Å²) in [5.74, 6) is -0.825. The Morgan fingerprint density at radius 1 is 1.29 bits per heavy atom. The highest BCUT2D eigenvalue weighted by atomic mass is 32.1. The van der Waals surface area contributed by atoms with Gasteiger partial charge in [0.2, 0.25) is 0 Å². The first kappa shape index (κ1) is 15.7. The van der Waals surface area contributed by atoms with Crippen LogP contribution in [-0.2, 0) is 23.1 Å². The van der Waals surface area contributed by atoms with Crippen LogP contribution in [0.15, 0.2) is 35.7 Å². The predicted octanol–water partition coefficient (Wildman–Crippen LogP) is 4.07. The van der Waals surface area contributed by atoms with Crippen molar-refractivity contribution in [1.82, 2.24) is 4.98 Å². The molecule has 3 nitrogen and oxygen atoms in total. The molecule has 0 bridgehead atoms. The number of benzene rings is 1. The van der Waals surface area contributed by atoms with Crippen LogP contribution in [0.25, 0.3) is 0 Å². The zero-order valence-corrected chi connectivity index (χ0v) is 13.3. The first-order valence-electron chi connectivity index (χ1n) is 7.18. The number of carboxylic acids is 1. The van der Waals surface area contributed by atoms with Crippen molar-refractivity contribution < 1.29 is 9.90 Å². The normalized spacial score (nSPS) is 11.5. The highest BCUT2D eigenvalue weighted by Gasteiger charge is 2.24. The van der Waals surface area contributed by atoms with Gasteiger partial charge in [0.25, 0.3) is 0 Å². The summed E-state index contributed by atoms with van der Waals surface area (Å²) >= 11 is 1.57. The van der Waals surface area contributed by atoms with E-state index in [1.165, 1.54) is 5.56 Å². The summed E-state index contributed by atoms with van der Waals surface area (Å²) in [6.07, 6.45) is 3.22. The van der Waals surface area contributed by atoms with E-state index in [9.17, 15) is 4.79 Å². The van der Waals surface area contributed by atoms with Gasteiger partial charge in [0.15, 0.2) is 0 Å². The summed E-state index contributed by atoms with van der Waals surface area (Å²) < 4.78 is 0. The van der Waals surface area contributed by atoms with E-state index >= 15 is 0 Å². The highest BCUT2D eigenvalue weighted by molar-refractivity contribution is 7.09. The van der Waals surface area contributed by atoms with Gasteiger partial charge < -0.3 is 5.11 Å². The molecule has 0 aliphatic heterocycles. The van der Waals surface area contributed by atoms with Crippen LogP contribution in [0.4, 0.5) is 0 Å². The number of aromatic nitrogens is 1. The first-order chi connectivity index (χ1) is 9.97. The van der Waals surface area contributed by atoms with Gasteiger partial charge >= 0.3 is 5.97 Å². The second kappa shape index (κ2) is 6.85. The van der Waals surface area contributed by atoms with Crippen LogP contribution in [0.3, 0.4) is 0 Å². The monoisotopic (exact) mass is 303 g/mol. The Morgan fingerprint density at radius 3 is 2.67 bits per heavy atom. The van der Waals surface area contributed by atoms with Gasteiger partial charge in [-0.15, -0.1) is 11.3 Å². The largest absolute Gasteiger partial charge is 0.481 e. The minimum atomic E-state index is -0.825. The van der Waals surface area contributed by atoms with Crippen LogP contribution in [0.1, 0.15) is 43.0 Å². The average molecular weight is 303 g/mol. The Morgan fingerprint density at radius 2 is 2.00 bits per heavy atom. The molecule has 0 radical (unpaired) electrons. The molecule has 4 heteroatoms. The number of hydrogen-bond acceptors (Lipinski definition) is 3. The predicted molar refractivity (Wildman–Crippen MR) is 85.9 cm³/mol. The van der Waals surface area contributed by atoms with Gasteiger partial charge in [-0.2, -0.15) is 0 Å². The molecule has 1 aromatic heterocycles. The van der Waals surface area contributed by atoms with E-state index < -0.39 is 5.97 Å². The van der Waals surface area contributed by atoms with E-state index in [0.29, 0.717) is 5.69 Å². The fourth-order valence-corrected chi connectivity index (χ4v) is 3.31. The second-order valence-corrected chi connectivity index (χ2v) is 6.80. The summed E-state index contributed by atoms with van der Waals surface area (Å²) in [7, 11) is 0. The van der Waals surface area contributed by atoms with Crippen LogP contribution < -0.4 is 0 Å². The Labute approximate surface area is 129 Å². The maximum atomic E-state index is 10.7. The van der Waals surface area contributed by atoms with E-state index in [2.05, 4.69) is 43.1 Å². The number of aryl methyl sites for hydroxylation is 1. The van der Waals surface area contributed by atoms with E-state index in [0.717, 1.165) is 24.3 Å². The Balaban J connectivity index is 1.91. The molecule has 0 atom stereocenters. The SMILES string of the molecule is CC(C)(CCCc1ccccc1)c1nc(CC(=O)O)cs1. The summed E-state index contributed by atoms with van der Waals surface area (Å²) in [6, 6.07) is 10.5. The molecular weight excluding hydrogens is 282 g/mol. The molecule has 112 valence electrons. The molecule has 0 aliphatic rings. The zero-order chi connectivity index (χ0) is 15.3. The molecule has 0 saturated heterocycles. The van der Waals surface area contributed by atoms with Gasteiger partial charge in [-0.25, -0.2) is 4.98 Å². The maximum Gasteiger partial charge on any atom is 0.309 e. The zero-order valence-electron chi connectivity index (χ0n) is 12.5. The summed E-state index contributed by atoms with van der Waals surface area (Å²) in [6.45, 7) is 4.36. The van der Waals surface area contributed by atoms with Gasteiger partial charge in [0, 0.05) is 10.8 Å². The van der Waals surface area contributed by atoms with Crippen molar-refractivity contribution in [1.29, 1.82) is 0 Å². The topological polar surface area (TPSA) is 50.2 Å². The van der Waals surface area contributed by atoms with Crippen LogP contribution >= 0.6 is 11.3 Å². The van der Waals surface area contributed by atoms with E-state index in [-0.39, 0.29) is 11.8 Å². The quantitative estimate of drug-likeness (QED) is 0.838. The van der Waals surface area contributed by atoms with Crippen molar-refractivity contribution in [2.75, 3.05) is 0 Å². The fourth-order valence-electron chi connectivity index (χ4n) is 2.34. The Hall–Kier alpha value is -1.68. The summed E-state index contributed by atoms with van der Waals surface area (Å²) in [5, 5.41) is 11.7. The molecule has 0 spiro atoms. The van der Waals surface area contributed by atoms with Crippen molar-refractivity contribution in [2.45, 2.75) is 44.9 Å². The van der Waals surface area contributed by atoms with Gasteiger partial charge in [0.05, 0.1) is 17.1 Å². The molecular formula is C17H21NO2S. The molecule has 1 N–H and O–H groups in total. The highest BCUT2D eigenvalue weighted by Crippen LogP contribution is 2.31. The third kappa shape index (κ3) is 4.67. The lowest BCUT2D eigenvalue weighted by atomic mass is 9.87. The summed E-state index contributed by atoms with van der Waals surface area (Å²) in [4.78, 5) is 15.2. The van der Waals surface area contributed by atoms with Gasteiger partial charge in [-0.05, 0) is 24.8 Å². The van der Waals surface area contributed by atoms with Crippen molar-refractivity contribution >= 4 is 17.3 Å². The average Bonchev–Trinajstić information content (AvgIpc) is 2.88. The lowest BCUT2D eigenvalue weighted by molar-refractivity contribution is -0.136. The number of rotatable bonds is 7. The van der Waals surface area contributed by atoms with Gasteiger partial charge in [-0.3, -0.25) is 4.79 Å². The van der Waals surface area contributed by atoms with Crippen LogP contribution in [-0.4, -0.2) is 16.1 Å². The van der Waals surface area contributed by atoms with E-state index in [4.69, 9.17) is 5.11 Å². The van der Waals surface area contributed by atoms with Crippen LogP contribution in [0.5, 0.6) is 0 Å². The molecule has 2 aromatic rings. The van der Waals surface area contributed by atoms with E-state index in [1.54, 1.807) is 11.3 Å². The first-order valence-corrected chi connectivity index (χ1v) is 8.06. The molecule has 0 aliphatic carbocycles. The molecule has 0 fully saturated rings. The number of aliphatic carboxylic acids is 1. The van der Waals surface area contributed by atoms with Crippen molar-refractivity contribution in [3.8, 4) is 0 Å². The lowest BCUT2D eigenvalue weighted by Crippen LogP contribution is -2.17.